The fourth-order valence-corrected chi connectivity index (χ4v) is 6.05. The first-order chi connectivity index (χ1) is 19.8. The largest absolute Gasteiger partial charge is 0.421 e. The van der Waals surface area contributed by atoms with Gasteiger partial charge in [-0.3, -0.25) is 14.6 Å². The van der Waals surface area contributed by atoms with Gasteiger partial charge in [0.15, 0.2) is 5.78 Å². The second kappa shape index (κ2) is 11.0. The van der Waals surface area contributed by atoms with Gasteiger partial charge in [0.25, 0.3) is 11.3 Å². The van der Waals surface area contributed by atoms with E-state index >= 15 is 0 Å². The van der Waals surface area contributed by atoms with E-state index in [0.717, 1.165) is 5.56 Å². The summed E-state index contributed by atoms with van der Waals surface area (Å²) < 4.78 is 25.6. The highest BCUT2D eigenvalue weighted by Gasteiger charge is 2.54. The molecular formula is C30H29FN4O6. The molecule has 0 unspecified atom stereocenters. The quantitative estimate of drug-likeness (QED) is 0.244. The van der Waals surface area contributed by atoms with Gasteiger partial charge >= 0.3 is 11.9 Å². The highest BCUT2D eigenvalue weighted by molar-refractivity contribution is 6.31. The molecule has 0 N–H and O–H groups in total. The van der Waals surface area contributed by atoms with Gasteiger partial charge in [-0.05, 0) is 74.7 Å². The maximum Gasteiger partial charge on any atom is 0.421 e. The van der Waals surface area contributed by atoms with Crippen LogP contribution in [0, 0.1) is 11.7 Å². The number of benzene rings is 1. The number of aryl methyl sites for hydroxylation is 1. The lowest BCUT2D eigenvalue weighted by atomic mass is 9.85. The van der Waals surface area contributed by atoms with Crippen molar-refractivity contribution in [1.82, 2.24) is 19.7 Å². The van der Waals surface area contributed by atoms with Crippen LogP contribution in [0.2, 0.25) is 0 Å². The van der Waals surface area contributed by atoms with Gasteiger partial charge < -0.3 is 14.4 Å². The number of piperidine rings is 1. The maximum absolute atomic E-state index is 13.9. The highest BCUT2D eigenvalue weighted by Crippen LogP contribution is 2.43. The molecular weight excluding hydrogens is 531 g/mol. The summed E-state index contributed by atoms with van der Waals surface area (Å²) in [4.78, 5) is 57.2. The zero-order chi connectivity index (χ0) is 28.6. The Balaban J connectivity index is 1.21. The fraction of sp³-hybridized carbons (Fsp3) is 0.400. The molecule has 0 bridgehead atoms. The van der Waals surface area contributed by atoms with Crippen LogP contribution in [0.4, 0.5) is 4.39 Å². The number of hydrogen-bond donors (Lipinski definition) is 0. The van der Waals surface area contributed by atoms with Gasteiger partial charge in [0, 0.05) is 48.8 Å². The summed E-state index contributed by atoms with van der Waals surface area (Å²) in [6.07, 6.45) is 6.24. The minimum atomic E-state index is -1.64. The maximum atomic E-state index is 13.9. The van der Waals surface area contributed by atoms with Gasteiger partial charge in [-0.1, -0.05) is 6.07 Å². The van der Waals surface area contributed by atoms with Crippen molar-refractivity contribution in [2.24, 2.45) is 5.92 Å². The zero-order valence-corrected chi connectivity index (χ0v) is 22.4. The Morgan fingerprint density at radius 3 is 2.44 bits per heavy atom. The number of aromatic nitrogens is 3. The SMILES string of the molecule is O=C1OC2(CCCc3nn(CCN4CCC(C(=O)c5ccc(F)cc5)CC4)c(=O)c(Cc4cccnc4)c32)OC1=O. The first-order valence-electron chi connectivity index (χ1n) is 13.8. The number of ether oxygens (including phenoxy) is 2. The molecule has 1 spiro atoms. The number of esters is 2. The number of hydrogen-bond acceptors (Lipinski definition) is 9. The van der Waals surface area contributed by atoms with Crippen LogP contribution in [0.25, 0.3) is 0 Å². The molecule has 0 saturated carbocycles. The van der Waals surface area contributed by atoms with Gasteiger partial charge in [0.2, 0.25) is 0 Å². The Kier molecular flexibility index (Phi) is 7.21. The molecule has 1 aromatic carbocycles. The molecule has 10 nitrogen and oxygen atoms in total. The van der Waals surface area contributed by atoms with E-state index in [1.165, 1.54) is 28.9 Å². The third kappa shape index (κ3) is 5.29. The number of fused-ring (bicyclic) bond motifs is 2. The molecule has 2 aromatic heterocycles. The van der Waals surface area contributed by atoms with Gasteiger partial charge in [-0.25, -0.2) is 18.7 Å². The first-order valence-corrected chi connectivity index (χ1v) is 13.8. The lowest BCUT2D eigenvalue weighted by Crippen LogP contribution is -2.43. The van der Waals surface area contributed by atoms with Gasteiger partial charge in [0.1, 0.15) is 5.82 Å². The van der Waals surface area contributed by atoms with E-state index in [0.29, 0.717) is 74.2 Å². The van der Waals surface area contributed by atoms with Crippen molar-refractivity contribution < 1.29 is 28.2 Å². The lowest BCUT2D eigenvalue weighted by molar-refractivity contribution is -0.190. The van der Waals surface area contributed by atoms with Crippen LogP contribution in [-0.4, -0.2) is 57.0 Å². The summed E-state index contributed by atoms with van der Waals surface area (Å²) in [7, 11) is 0. The standard InChI is InChI=1S/C30H29FN4O6/c31-22-7-5-20(6-8-22)26(36)21-9-13-34(14-10-21)15-16-35-27(37)23(17-19-3-2-12-32-18-19)25-24(33-35)4-1-11-30(25)40-28(38)29(39)41-30/h2-3,5-8,12,18,21H,1,4,9-11,13-17H2. The number of nitrogens with zero attached hydrogens (tertiary/aromatic N) is 4. The Morgan fingerprint density at radius 1 is 1.02 bits per heavy atom. The monoisotopic (exact) mass is 560 g/mol. The molecule has 2 aliphatic heterocycles. The Morgan fingerprint density at radius 2 is 1.76 bits per heavy atom. The van der Waals surface area contributed by atoms with Crippen LogP contribution in [0.15, 0.2) is 53.6 Å². The van der Waals surface area contributed by atoms with E-state index < -0.39 is 17.7 Å². The lowest BCUT2D eigenvalue weighted by Gasteiger charge is -2.34. The third-order valence-electron chi connectivity index (χ3n) is 8.13. The highest BCUT2D eigenvalue weighted by atomic mass is 19.1. The molecule has 0 atom stereocenters. The number of rotatable bonds is 7. The molecule has 3 aliphatic rings. The molecule has 212 valence electrons. The minimum Gasteiger partial charge on any atom is -0.409 e. The first kappa shape index (κ1) is 26.9. The van der Waals surface area contributed by atoms with Crippen LogP contribution < -0.4 is 5.56 Å². The van der Waals surface area contributed by atoms with Crippen LogP contribution >= 0.6 is 0 Å². The summed E-state index contributed by atoms with van der Waals surface area (Å²) in [6.45, 7) is 2.27. The molecule has 2 fully saturated rings. The second-order valence-electron chi connectivity index (χ2n) is 10.7. The van der Waals surface area contributed by atoms with Crippen molar-refractivity contribution in [3.05, 3.63) is 92.9 Å². The Bertz CT molecular complexity index is 1530. The minimum absolute atomic E-state index is 0.0273. The Hall–Kier alpha value is -4.25. The molecule has 3 aromatic rings. The predicted molar refractivity (Wildman–Crippen MR) is 142 cm³/mol. The summed E-state index contributed by atoms with van der Waals surface area (Å²) in [5.74, 6) is -4.25. The van der Waals surface area contributed by atoms with Crippen LogP contribution in [0.5, 0.6) is 0 Å². The van der Waals surface area contributed by atoms with Crippen molar-refractivity contribution >= 4 is 17.7 Å². The molecule has 11 heteroatoms. The van der Waals surface area contributed by atoms with E-state index in [1.807, 2.05) is 6.07 Å². The van der Waals surface area contributed by atoms with Gasteiger partial charge in [0.05, 0.1) is 17.8 Å². The number of carbonyl (C=O) groups excluding carboxylic acids is 3. The van der Waals surface area contributed by atoms with Crippen molar-refractivity contribution in [3.63, 3.8) is 0 Å². The predicted octanol–water partition coefficient (Wildman–Crippen LogP) is 2.55. The third-order valence-corrected chi connectivity index (χ3v) is 8.13. The van der Waals surface area contributed by atoms with E-state index in [2.05, 4.69) is 15.0 Å². The van der Waals surface area contributed by atoms with E-state index in [4.69, 9.17) is 9.47 Å². The van der Waals surface area contributed by atoms with Crippen molar-refractivity contribution in [2.75, 3.05) is 19.6 Å². The molecule has 4 heterocycles. The average Bonchev–Trinajstić information content (AvgIpc) is 3.27. The van der Waals surface area contributed by atoms with E-state index in [1.54, 1.807) is 18.5 Å². The smallest absolute Gasteiger partial charge is 0.409 e. The number of pyridine rings is 1. The molecule has 41 heavy (non-hydrogen) atoms. The van der Waals surface area contributed by atoms with Crippen LogP contribution in [-0.2, 0) is 44.2 Å². The van der Waals surface area contributed by atoms with Crippen molar-refractivity contribution in [2.45, 2.75) is 50.9 Å². The topological polar surface area (TPSA) is 121 Å². The summed E-state index contributed by atoms with van der Waals surface area (Å²) in [5.41, 5.74) is 2.28. The number of Topliss-reactive ketones (excluding diaryl/α,β-unsaturated/α-hetero) is 1. The Labute approximate surface area is 235 Å². The van der Waals surface area contributed by atoms with Gasteiger partial charge in [-0.2, -0.15) is 5.10 Å². The number of likely N-dealkylation sites (tertiary alicyclic amines) is 1. The number of halogens is 1. The second-order valence-corrected chi connectivity index (χ2v) is 10.7. The zero-order valence-electron chi connectivity index (χ0n) is 22.4. The van der Waals surface area contributed by atoms with Crippen LogP contribution in [0.1, 0.15) is 58.4 Å². The molecule has 1 aliphatic carbocycles. The molecule has 2 saturated heterocycles. The van der Waals surface area contributed by atoms with Gasteiger partial charge in [-0.15, -0.1) is 0 Å². The normalized spacial score (nSPS) is 18.7. The number of ketones is 1. The van der Waals surface area contributed by atoms with Crippen molar-refractivity contribution in [3.8, 4) is 0 Å². The fourth-order valence-electron chi connectivity index (χ4n) is 6.05. The molecule has 6 rings (SSSR count). The summed E-state index contributed by atoms with van der Waals surface area (Å²) >= 11 is 0. The van der Waals surface area contributed by atoms with Crippen molar-refractivity contribution in [1.29, 1.82) is 0 Å². The summed E-state index contributed by atoms with van der Waals surface area (Å²) in [5, 5.41) is 4.65. The van der Waals surface area contributed by atoms with E-state index in [9.17, 15) is 23.6 Å². The average molecular weight is 561 g/mol. The molecule has 0 amide bonds. The van der Waals surface area contributed by atoms with Crippen LogP contribution in [0.3, 0.4) is 0 Å². The summed E-state index contributed by atoms with van der Waals surface area (Å²) in [6, 6.07) is 9.28. The molecule has 0 radical (unpaired) electrons. The van der Waals surface area contributed by atoms with E-state index in [-0.39, 0.29) is 35.9 Å². The number of carbonyl (C=O) groups is 3.